The van der Waals surface area contributed by atoms with E-state index in [0.717, 1.165) is 26.2 Å². The largest absolute Gasteiger partial charge is 0.446 e. The van der Waals surface area contributed by atoms with Crippen LogP contribution in [-0.4, -0.2) is 55.1 Å². The fraction of sp³-hybridized carbons (Fsp3) is 0.381. The summed E-state index contributed by atoms with van der Waals surface area (Å²) in [4.78, 5) is 17.0. The third kappa shape index (κ3) is 6.14. The maximum atomic E-state index is 12.7. The van der Waals surface area contributed by atoms with Gasteiger partial charge in [0, 0.05) is 49.3 Å². The van der Waals surface area contributed by atoms with Crippen molar-refractivity contribution in [3.8, 4) is 0 Å². The zero-order chi connectivity index (χ0) is 20.9. The van der Waals surface area contributed by atoms with Gasteiger partial charge in [-0.2, -0.15) is 13.2 Å². The normalized spacial score (nSPS) is 16.5. The summed E-state index contributed by atoms with van der Waals surface area (Å²) >= 11 is -0.261. The molecule has 1 saturated heterocycles. The predicted molar refractivity (Wildman–Crippen MR) is 110 cm³/mol. The van der Waals surface area contributed by atoms with E-state index in [4.69, 9.17) is 0 Å². The Kier molecular flexibility index (Phi) is 7.08. The number of anilines is 1. The molecule has 1 unspecified atom stereocenters. The van der Waals surface area contributed by atoms with Crippen LogP contribution in [0.1, 0.15) is 17.3 Å². The van der Waals surface area contributed by atoms with Gasteiger partial charge in [-0.05, 0) is 43.0 Å². The van der Waals surface area contributed by atoms with E-state index in [1.165, 1.54) is 23.9 Å². The molecule has 2 aromatic rings. The topological polar surface area (TPSA) is 35.6 Å². The molecule has 1 heterocycles. The number of alkyl halides is 3. The van der Waals surface area contributed by atoms with Gasteiger partial charge in [-0.1, -0.05) is 30.3 Å². The first-order valence-electron chi connectivity index (χ1n) is 9.50. The molecule has 0 radical (unpaired) electrons. The van der Waals surface area contributed by atoms with Crippen molar-refractivity contribution in [3.05, 3.63) is 60.2 Å². The number of halogens is 3. The van der Waals surface area contributed by atoms with Gasteiger partial charge >= 0.3 is 5.51 Å². The number of benzene rings is 2. The SMILES string of the molecule is CC(CNC(=O)c1ccccc1SC(F)(F)F)N1CCN(c2ccccc2)CC1. The van der Waals surface area contributed by atoms with Crippen LogP contribution in [0.15, 0.2) is 59.5 Å². The Balaban J connectivity index is 1.51. The van der Waals surface area contributed by atoms with Crippen LogP contribution in [0.4, 0.5) is 18.9 Å². The molecular weight excluding hydrogens is 399 g/mol. The number of carbonyl (C=O) groups excluding carboxylic acids is 1. The number of hydrogen-bond donors (Lipinski definition) is 1. The van der Waals surface area contributed by atoms with Crippen LogP contribution in [0.5, 0.6) is 0 Å². The fourth-order valence-corrected chi connectivity index (χ4v) is 4.06. The Morgan fingerprint density at radius 3 is 2.31 bits per heavy atom. The highest BCUT2D eigenvalue weighted by Gasteiger charge is 2.31. The molecule has 8 heteroatoms. The lowest BCUT2D eigenvalue weighted by Crippen LogP contribution is -2.52. The van der Waals surface area contributed by atoms with Gasteiger partial charge in [-0.3, -0.25) is 9.69 Å². The Morgan fingerprint density at radius 2 is 1.66 bits per heavy atom. The average Bonchev–Trinajstić information content (AvgIpc) is 2.72. The van der Waals surface area contributed by atoms with Crippen molar-refractivity contribution in [1.82, 2.24) is 10.2 Å². The van der Waals surface area contributed by atoms with E-state index >= 15 is 0 Å². The number of piperazine rings is 1. The number of amides is 1. The van der Waals surface area contributed by atoms with Crippen LogP contribution in [0, 0.1) is 0 Å². The van der Waals surface area contributed by atoms with Crippen LogP contribution >= 0.6 is 11.8 Å². The van der Waals surface area contributed by atoms with Crippen molar-refractivity contribution >= 4 is 23.4 Å². The lowest BCUT2D eigenvalue weighted by molar-refractivity contribution is -0.0328. The molecule has 1 amide bonds. The van der Waals surface area contributed by atoms with Crippen molar-refractivity contribution in [2.24, 2.45) is 0 Å². The predicted octanol–water partition coefficient (Wildman–Crippen LogP) is 4.24. The molecular formula is C21H24F3N3OS. The first-order chi connectivity index (χ1) is 13.8. The number of rotatable bonds is 6. The number of thioether (sulfide) groups is 1. The first-order valence-corrected chi connectivity index (χ1v) is 10.3. The molecule has 0 bridgehead atoms. The summed E-state index contributed by atoms with van der Waals surface area (Å²) in [5.41, 5.74) is -3.18. The smallest absolute Gasteiger partial charge is 0.369 e. The summed E-state index contributed by atoms with van der Waals surface area (Å²) in [5, 5.41) is 2.79. The van der Waals surface area contributed by atoms with Crippen LogP contribution in [0.2, 0.25) is 0 Å². The molecule has 3 rings (SSSR count). The maximum absolute atomic E-state index is 12.7. The van der Waals surface area contributed by atoms with Crippen LogP contribution < -0.4 is 10.2 Å². The molecule has 1 fully saturated rings. The molecule has 156 valence electrons. The molecule has 1 atom stereocenters. The molecule has 0 saturated carbocycles. The second kappa shape index (κ2) is 9.54. The van der Waals surface area contributed by atoms with Crippen molar-refractivity contribution in [2.75, 3.05) is 37.6 Å². The van der Waals surface area contributed by atoms with E-state index in [2.05, 4.69) is 27.2 Å². The molecule has 1 N–H and O–H groups in total. The van der Waals surface area contributed by atoms with Crippen LogP contribution in [-0.2, 0) is 0 Å². The van der Waals surface area contributed by atoms with Crippen LogP contribution in [0.3, 0.4) is 0 Å². The van der Waals surface area contributed by atoms with Gasteiger partial charge in [0.2, 0.25) is 0 Å². The van der Waals surface area contributed by atoms with E-state index in [-0.39, 0.29) is 28.3 Å². The minimum Gasteiger partial charge on any atom is -0.369 e. The van der Waals surface area contributed by atoms with Gasteiger partial charge in [0.25, 0.3) is 5.91 Å². The third-order valence-corrected chi connectivity index (χ3v) is 5.78. The van der Waals surface area contributed by atoms with E-state index in [9.17, 15) is 18.0 Å². The highest BCUT2D eigenvalue weighted by molar-refractivity contribution is 8.00. The summed E-state index contributed by atoms with van der Waals surface area (Å²) in [7, 11) is 0. The highest BCUT2D eigenvalue weighted by atomic mass is 32.2. The number of nitrogens with zero attached hydrogens (tertiary/aromatic N) is 2. The van der Waals surface area contributed by atoms with Crippen molar-refractivity contribution < 1.29 is 18.0 Å². The van der Waals surface area contributed by atoms with E-state index < -0.39 is 11.4 Å². The van der Waals surface area contributed by atoms with E-state index in [1.807, 2.05) is 25.1 Å². The number of hydrogen-bond acceptors (Lipinski definition) is 4. The van der Waals surface area contributed by atoms with Gasteiger partial charge < -0.3 is 10.2 Å². The summed E-state index contributed by atoms with van der Waals surface area (Å²) in [6, 6.07) is 16.1. The first kappa shape index (κ1) is 21.5. The molecule has 2 aromatic carbocycles. The molecule has 1 aliphatic heterocycles. The Labute approximate surface area is 173 Å². The van der Waals surface area contributed by atoms with Gasteiger partial charge in [0.15, 0.2) is 0 Å². The molecule has 4 nitrogen and oxygen atoms in total. The van der Waals surface area contributed by atoms with Crippen molar-refractivity contribution in [2.45, 2.75) is 23.4 Å². The zero-order valence-corrected chi connectivity index (χ0v) is 17.0. The monoisotopic (exact) mass is 423 g/mol. The van der Waals surface area contributed by atoms with Crippen LogP contribution in [0.25, 0.3) is 0 Å². The number of carbonyl (C=O) groups is 1. The van der Waals surface area contributed by atoms with Gasteiger partial charge in [0.1, 0.15) is 0 Å². The lowest BCUT2D eigenvalue weighted by Gasteiger charge is -2.39. The summed E-state index contributed by atoms with van der Waals surface area (Å²) in [6.07, 6.45) is 0. The van der Waals surface area contributed by atoms with Crippen molar-refractivity contribution in [3.63, 3.8) is 0 Å². The number of nitrogens with one attached hydrogen (secondary N) is 1. The second-order valence-electron chi connectivity index (χ2n) is 6.96. The Hall–Kier alpha value is -2.19. The lowest BCUT2D eigenvalue weighted by atomic mass is 10.2. The van der Waals surface area contributed by atoms with E-state index in [1.54, 1.807) is 6.07 Å². The standard InChI is InChI=1S/C21H24F3N3OS/c1-16(26-11-13-27(14-12-26)17-7-3-2-4-8-17)15-25-20(28)18-9-5-6-10-19(18)29-21(22,23)24/h2-10,16H,11-15H2,1H3,(H,25,28). The van der Waals surface area contributed by atoms with Crippen molar-refractivity contribution in [1.29, 1.82) is 0 Å². The second-order valence-corrected chi connectivity index (χ2v) is 8.07. The maximum Gasteiger partial charge on any atom is 0.446 e. The molecule has 0 aliphatic carbocycles. The summed E-state index contributed by atoms with van der Waals surface area (Å²) in [6.45, 7) is 5.93. The van der Waals surface area contributed by atoms with Gasteiger partial charge in [-0.25, -0.2) is 0 Å². The van der Waals surface area contributed by atoms with Gasteiger partial charge in [-0.15, -0.1) is 0 Å². The third-order valence-electron chi connectivity index (χ3n) is 4.97. The van der Waals surface area contributed by atoms with Gasteiger partial charge in [0.05, 0.1) is 5.56 Å². The fourth-order valence-electron chi connectivity index (χ4n) is 3.39. The minimum absolute atomic E-state index is 0.0518. The molecule has 1 aliphatic rings. The Morgan fingerprint density at radius 1 is 1.03 bits per heavy atom. The zero-order valence-electron chi connectivity index (χ0n) is 16.2. The average molecular weight is 424 g/mol. The minimum atomic E-state index is -4.43. The van der Waals surface area contributed by atoms with E-state index in [0.29, 0.717) is 6.54 Å². The highest BCUT2D eigenvalue weighted by Crippen LogP contribution is 2.38. The summed E-state index contributed by atoms with van der Waals surface area (Å²) < 4.78 is 38.1. The summed E-state index contributed by atoms with van der Waals surface area (Å²) in [5.74, 6) is -0.480. The quantitative estimate of drug-likeness (QED) is 0.705. The Bertz CT molecular complexity index is 808. The number of para-hydroxylation sites is 1. The molecule has 0 aromatic heterocycles. The molecule has 29 heavy (non-hydrogen) atoms. The molecule has 0 spiro atoms.